The Hall–Kier alpha value is -4.33. The van der Waals surface area contributed by atoms with Crippen LogP contribution in [-0.4, -0.2) is 35.4 Å². The Kier molecular flexibility index (Phi) is 4.97. The van der Waals surface area contributed by atoms with Crippen LogP contribution in [0.5, 0.6) is 17.2 Å². The summed E-state index contributed by atoms with van der Waals surface area (Å²) in [6, 6.07) is 17.5. The number of rotatable bonds is 5. The normalized spacial score (nSPS) is 14.9. The first kappa shape index (κ1) is 20.6. The fourth-order valence-electron chi connectivity index (χ4n) is 4.16. The molecule has 1 aromatic heterocycles. The van der Waals surface area contributed by atoms with E-state index in [-0.39, 0.29) is 23.2 Å². The van der Waals surface area contributed by atoms with Crippen LogP contribution < -0.4 is 14.4 Å². The standard InChI is InChI=1S/C25H20FN3O4/c1-32-18-10-8-17(9-11-18)29-24(15-5-12-19(30)20(13-15)33-2)21-22(27-28-23(21)25(29)31)14-3-6-16(26)7-4-14/h3-13,24,30H,1-2H3,(H,27,28)/t24-/m0/s1. The van der Waals surface area contributed by atoms with E-state index in [9.17, 15) is 14.3 Å². The molecule has 2 heterocycles. The van der Waals surface area contributed by atoms with E-state index in [1.54, 1.807) is 60.5 Å². The van der Waals surface area contributed by atoms with E-state index < -0.39 is 6.04 Å². The zero-order valence-electron chi connectivity index (χ0n) is 17.9. The fraction of sp³-hybridized carbons (Fsp3) is 0.120. The third kappa shape index (κ3) is 3.36. The second-order valence-corrected chi connectivity index (χ2v) is 7.57. The zero-order chi connectivity index (χ0) is 23.1. The summed E-state index contributed by atoms with van der Waals surface area (Å²) in [7, 11) is 3.04. The van der Waals surface area contributed by atoms with Crippen molar-refractivity contribution in [2.45, 2.75) is 6.04 Å². The summed E-state index contributed by atoms with van der Waals surface area (Å²) < 4.78 is 24.1. The number of hydrogen-bond acceptors (Lipinski definition) is 5. The molecule has 7 nitrogen and oxygen atoms in total. The maximum Gasteiger partial charge on any atom is 0.277 e. The topological polar surface area (TPSA) is 87.7 Å². The quantitative estimate of drug-likeness (QED) is 0.465. The van der Waals surface area contributed by atoms with Crippen LogP contribution in [0.25, 0.3) is 11.3 Å². The predicted octanol–water partition coefficient (Wildman–Crippen LogP) is 4.69. The third-order valence-corrected chi connectivity index (χ3v) is 5.76. The first-order valence-electron chi connectivity index (χ1n) is 10.2. The molecule has 0 bridgehead atoms. The van der Waals surface area contributed by atoms with Crippen molar-refractivity contribution in [2.75, 3.05) is 19.1 Å². The van der Waals surface area contributed by atoms with E-state index >= 15 is 0 Å². The molecule has 3 aromatic carbocycles. The molecule has 1 amide bonds. The second kappa shape index (κ2) is 7.98. The van der Waals surface area contributed by atoms with E-state index in [1.807, 2.05) is 0 Å². The molecule has 1 atom stereocenters. The van der Waals surface area contributed by atoms with Gasteiger partial charge in [0.1, 0.15) is 17.3 Å². The average molecular weight is 445 g/mol. The van der Waals surface area contributed by atoms with Crippen LogP contribution in [0.15, 0.2) is 66.7 Å². The van der Waals surface area contributed by atoms with Crippen LogP contribution in [-0.2, 0) is 0 Å². The number of methoxy groups -OCH3 is 2. The van der Waals surface area contributed by atoms with Gasteiger partial charge in [-0.1, -0.05) is 6.07 Å². The summed E-state index contributed by atoms with van der Waals surface area (Å²) in [5, 5.41) is 17.4. The summed E-state index contributed by atoms with van der Waals surface area (Å²) in [6.45, 7) is 0. The number of carbonyl (C=O) groups excluding carboxylic acids is 1. The number of H-pyrrole nitrogens is 1. The average Bonchev–Trinajstić information content (AvgIpc) is 3.39. The van der Waals surface area contributed by atoms with E-state index in [1.165, 1.54) is 25.3 Å². The van der Waals surface area contributed by atoms with Gasteiger partial charge in [0.25, 0.3) is 5.91 Å². The van der Waals surface area contributed by atoms with E-state index in [4.69, 9.17) is 9.47 Å². The van der Waals surface area contributed by atoms with Crippen molar-refractivity contribution in [1.82, 2.24) is 10.2 Å². The van der Waals surface area contributed by atoms with Crippen molar-refractivity contribution in [1.29, 1.82) is 0 Å². The Morgan fingerprint density at radius 2 is 1.73 bits per heavy atom. The molecule has 0 unspecified atom stereocenters. The molecule has 2 N–H and O–H groups in total. The molecule has 1 aliphatic rings. The molecule has 33 heavy (non-hydrogen) atoms. The van der Waals surface area contributed by atoms with Crippen LogP contribution in [0.4, 0.5) is 10.1 Å². The highest BCUT2D eigenvalue weighted by Crippen LogP contribution is 2.46. The number of anilines is 1. The van der Waals surface area contributed by atoms with Gasteiger partial charge in [0, 0.05) is 16.8 Å². The number of benzene rings is 3. The summed E-state index contributed by atoms with van der Waals surface area (Å²) in [4.78, 5) is 15.2. The highest BCUT2D eigenvalue weighted by molar-refractivity contribution is 6.11. The SMILES string of the molecule is COc1ccc(N2C(=O)c3[nH]nc(-c4ccc(F)cc4)c3[C@@H]2c2ccc(O)c(OC)c2)cc1. The van der Waals surface area contributed by atoms with Gasteiger partial charge in [0.05, 0.1) is 26.0 Å². The van der Waals surface area contributed by atoms with Gasteiger partial charge in [-0.15, -0.1) is 0 Å². The molecular weight excluding hydrogens is 425 g/mol. The van der Waals surface area contributed by atoms with Gasteiger partial charge >= 0.3 is 0 Å². The van der Waals surface area contributed by atoms with Gasteiger partial charge in [-0.2, -0.15) is 5.10 Å². The lowest BCUT2D eigenvalue weighted by Crippen LogP contribution is -2.29. The zero-order valence-corrected chi connectivity index (χ0v) is 17.9. The number of hydrogen-bond donors (Lipinski definition) is 2. The molecule has 0 saturated heterocycles. The number of halogens is 1. The van der Waals surface area contributed by atoms with Gasteiger partial charge in [0.2, 0.25) is 0 Å². The number of carbonyl (C=O) groups is 1. The molecule has 0 saturated carbocycles. The van der Waals surface area contributed by atoms with Crippen molar-refractivity contribution < 1.29 is 23.8 Å². The Morgan fingerprint density at radius 1 is 1.00 bits per heavy atom. The molecule has 0 aliphatic carbocycles. The van der Waals surface area contributed by atoms with E-state index in [2.05, 4.69) is 10.2 Å². The maximum absolute atomic E-state index is 13.5. The number of phenolic OH excluding ortho intramolecular Hbond substituents is 1. The number of phenols is 1. The van der Waals surface area contributed by atoms with E-state index in [0.717, 1.165) is 5.56 Å². The summed E-state index contributed by atoms with van der Waals surface area (Å²) in [5.74, 6) is 0.331. The van der Waals surface area contributed by atoms with Gasteiger partial charge in [-0.05, 0) is 66.2 Å². The highest BCUT2D eigenvalue weighted by Gasteiger charge is 2.43. The maximum atomic E-state index is 13.5. The number of nitrogens with one attached hydrogen (secondary N) is 1. The summed E-state index contributed by atoms with van der Waals surface area (Å²) in [6.07, 6.45) is 0. The van der Waals surface area contributed by atoms with Crippen molar-refractivity contribution in [3.05, 3.63) is 89.4 Å². The number of amides is 1. The number of aromatic nitrogens is 2. The molecule has 4 aromatic rings. The first-order chi connectivity index (χ1) is 16.0. The van der Waals surface area contributed by atoms with Crippen LogP contribution in [0.3, 0.4) is 0 Å². The van der Waals surface area contributed by atoms with Crippen LogP contribution in [0, 0.1) is 5.82 Å². The third-order valence-electron chi connectivity index (χ3n) is 5.76. The Balaban J connectivity index is 1.71. The fourth-order valence-corrected chi connectivity index (χ4v) is 4.16. The molecule has 0 spiro atoms. The predicted molar refractivity (Wildman–Crippen MR) is 120 cm³/mol. The number of aromatic hydroxyl groups is 1. The Morgan fingerprint density at radius 3 is 2.39 bits per heavy atom. The summed E-state index contributed by atoms with van der Waals surface area (Å²) in [5.41, 5.74) is 3.61. The van der Waals surface area contributed by atoms with Gasteiger partial charge in [0.15, 0.2) is 11.5 Å². The van der Waals surface area contributed by atoms with Gasteiger partial charge < -0.3 is 14.6 Å². The minimum atomic E-state index is -0.561. The van der Waals surface area contributed by atoms with Crippen LogP contribution in [0.2, 0.25) is 0 Å². The Bertz CT molecular complexity index is 1330. The molecule has 0 fully saturated rings. The molecule has 8 heteroatoms. The monoisotopic (exact) mass is 445 g/mol. The van der Waals surface area contributed by atoms with Crippen molar-refractivity contribution in [3.63, 3.8) is 0 Å². The molecule has 166 valence electrons. The molecule has 5 rings (SSSR count). The van der Waals surface area contributed by atoms with Crippen molar-refractivity contribution >= 4 is 11.6 Å². The molecular formula is C25H20FN3O4. The van der Waals surface area contributed by atoms with Gasteiger partial charge in [-0.3, -0.25) is 14.8 Å². The molecule has 1 aliphatic heterocycles. The lowest BCUT2D eigenvalue weighted by molar-refractivity contribution is 0.0988. The van der Waals surface area contributed by atoms with Gasteiger partial charge in [-0.25, -0.2) is 4.39 Å². The van der Waals surface area contributed by atoms with Crippen LogP contribution >= 0.6 is 0 Å². The lowest BCUT2D eigenvalue weighted by atomic mass is 9.95. The minimum Gasteiger partial charge on any atom is -0.504 e. The first-order valence-corrected chi connectivity index (χ1v) is 10.2. The van der Waals surface area contributed by atoms with Crippen molar-refractivity contribution in [2.24, 2.45) is 0 Å². The smallest absolute Gasteiger partial charge is 0.277 e. The van der Waals surface area contributed by atoms with Crippen molar-refractivity contribution in [3.8, 4) is 28.5 Å². The summed E-state index contributed by atoms with van der Waals surface area (Å²) >= 11 is 0. The minimum absolute atomic E-state index is 0.00672. The largest absolute Gasteiger partial charge is 0.504 e. The lowest BCUT2D eigenvalue weighted by Gasteiger charge is -2.27. The number of ether oxygens (including phenoxy) is 2. The highest BCUT2D eigenvalue weighted by atomic mass is 19.1. The Labute approximate surface area is 189 Å². The molecule has 0 radical (unpaired) electrons. The second-order valence-electron chi connectivity index (χ2n) is 7.57. The van der Waals surface area contributed by atoms with E-state index in [0.29, 0.717) is 34.0 Å². The van der Waals surface area contributed by atoms with Crippen LogP contribution in [0.1, 0.15) is 27.7 Å². The number of aromatic amines is 1. The number of fused-ring (bicyclic) bond motifs is 1. The number of nitrogens with zero attached hydrogens (tertiary/aromatic N) is 2.